The molecule has 0 bridgehead atoms. The molecule has 2 fully saturated rings. The van der Waals surface area contributed by atoms with Crippen LogP contribution in [0.2, 0.25) is 0 Å². The lowest BCUT2D eigenvalue weighted by atomic mass is 10.1. The fourth-order valence-electron chi connectivity index (χ4n) is 3.77. The summed E-state index contributed by atoms with van der Waals surface area (Å²) in [6, 6.07) is 4.87. The molecule has 2 amide bonds. The zero-order chi connectivity index (χ0) is 22.9. The van der Waals surface area contributed by atoms with Gasteiger partial charge in [0.25, 0.3) is 5.91 Å². The van der Waals surface area contributed by atoms with E-state index in [9.17, 15) is 28.3 Å². The third-order valence-corrected chi connectivity index (χ3v) is 5.35. The quantitative estimate of drug-likeness (QED) is 0.707. The number of pyridine rings is 1. The van der Waals surface area contributed by atoms with Crippen molar-refractivity contribution in [3.8, 4) is 11.1 Å². The second kappa shape index (κ2) is 8.60. The number of benzene rings is 1. The van der Waals surface area contributed by atoms with Gasteiger partial charge < -0.3 is 24.8 Å². The minimum absolute atomic E-state index is 0.0143. The van der Waals surface area contributed by atoms with E-state index in [0.29, 0.717) is 18.8 Å². The molecule has 1 aromatic heterocycles. The van der Waals surface area contributed by atoms with Gasteiger partial charge in [0.05, 0.1) is 26.3 Å². The molecule has 168 valence electrons. The topological polar surface area (TPSA) is 118 Å². The molecule has 2 aliphatic rings. The molecule has 3 heterocycles. The van der Waals surface area contributed by atoms with Crippen molar-refractivity contribution in [2.75, 3.05) is 26.3 Å². The molecule has 1 unspecified atom stereocenters. The van der Waals surface area contributed by atoms with E-state index >= 15 is 0 Å². The summed E-state index contributed by atoms with van der Waals surface area (Å²) in [5.41, 5.74) is 0.203. The molecule has 2 aromatic rings. The van der Waals surface area contributed by atoms with Gasteiger partial charge in [0.1, 0.15) is 23.4 Å². The first-order valence-electron chi connectivity index (χ1n) is 9.78. The SMILES string of the molecule is O=C(NCC(=O)N1CC2(CC1C(=O)O)OCCO2)c1cc(F)c(-c2ccc(F)cc2)cn1. The van der Waals surface area contributed by atoms with E-state index < -0.39 is 47.8 Å². The molecule has 0 radical (unpaired) electrons. The molecular formula is C21H19F2N3O6. The Morgan fingerprint density at radius 2 is 1.88 bits per heavy atom. The number of hydrogen-bond acceptors (Lipinski definition) is 6. The molecule has 1 aromatic carbocycles. The van der Waals surface area contributed by atoms with Gasteiger partial charge >= 0.3 is 5.97 Å². The highest BCUT2D eigenvalue weighted by molar-refractivity contribution is 5.95. The average molecular weight is 447 g/mol. The average Bonchev–Trinajstić information content (AvgIpc) is 3.39. The Bertz CT molecular complexity index is 1060. The van der Waals surface area contributed by atoms with Crippen molar-refractivity contribution >= 4 is 17.8 Å². The molecule has 2 aliphatic heterocycles. The van der Waals surface area contributed by atoms with E-state index in [-0.39, 0.29) is 24.2 Å². The first kappa shape index (κ1) is 21.8. The number of carboxylic acids is 1. The number of carbonyl (C=O) groups is 3. The number of nitrogens with zero attached hydrogens (tertiary/aromatic N) is 2. The van der Waals surface area contributed by atoms with Gasteiger partial charge in [0.2, 0.25) is 5.91 Å². The van der Waals surface area contributed by atoms with Gasteiger partial charge in [-0.3, -0.25) is 14.6 Å². The summed E-state index contributed by atoms with van der Waals surface area (Å²) < 4.78 is 38.5. The molecule has 11 heteroatoms. The van der Waals surface area contributed by atoms with E-state index in [1.54, 1.807) is 0 Å². The molecule has 1 atom stereocenters. The van der Waals surface area contributed by atoms with Gasteiger partial charge in [0.15, 0.2) is 5.79 Å². The molecule has 9 nitrogen and oxygen atoms in total. The number of aromatic nitrogens is 1. The molecule has 1 spiro atoms. The second-order valence-electron chi connectivity index (χ2n) is 7.43. The summed E-state index contributed by atoms with van der Waals surface area (Å²) in [7, 11) is 0. The summed E-state index contributed by atoms with van der Waals surface area (Å²) in [6.07, 6.45) is 1.12. The maximum Gasteiger partial charge on any atom is 0.326 e. The predicted octanol–water partition coefficient (Wildman–Crippen LogP) is 1.19. The van der Waals surface area contributed by atoms with Gasteiger partial charge in [-0.1, -0.05) is 12.1 Å². The maximum atomic E-state index is 14.5. The molecule has 0 aliphatic carbocycles. The van der Waals surface area contributed by atoms with Crippen molar-refractivity contribution in [2.45, 2.75) is 18.2 Å². The van der Waals surface area contributed by atoms with Gasteiger partial charge in [-0.05, 0) is 17.7 Å². The van der Waals surface area contributed by atoms with Crippen LogP contribution in [0.1, 0.15) is 16.9 Å². The number of amides is 2. The number of aliphatic carboxylic acids is 1. The largest absolute Gasteiger partial charge is 0.480 e. The fraction of sp³-hybridized carbons (Fsp3) is 0.333. The number of halogens is 2. The zero-order valence-corrected chi connectivity index (χ0v) is 16.7. The first-order valence-corrected chi connectivity index (χ1v) is 9.78. The van der Waals surface area contributed by atoms with Crippen LogP contribution in [-0.4, -0.2) is 70.9 Å². The Kier molecular flexibility index (Phi) is 5.85. The van der Waals surface area contributed by atoms with Crippen molar-refractivity contribution in [3.63, 3.8) is 0 Å². The molecule has 2 N–H and O–H groups in total. The van der Waals surface area contributed by atoms with Crippen LogP contribution in [0.3, 0.4) is 0 Å². The van der Waals surface area contributed by atoms with Gasteiger partial charge in [-0.25, -0.2) is 13.6 Å². The van der Waals surface area contributed by atoms with Gasteiger partial charge in [0, 0.05) is 24.2 Å². The van der Waals surface area contributed by atoms with Crippen LogP contribution in [0.25, 0.3) is 11.1 Å². The molecule has 2 saturated heterocycles. The number of ether oxygens (including phenoxy) is 2. The van der Waals surface area contributed by atoms with Crippen LogP contribution in [0, 0.1) is 11.6 Å². The third kappa shape index (κ3) is 4.30. The summed E-state index contributed by atoms with van der Waals surface area (Å²) in [5.74, 6) is -5.03. The number of nitrogens with one attached hydrogen (secondary N) is 1. The van der Waals surface area contributed by atoms with E-state index in [0.717, 1.165) is 17.2 Å². The van der Waals surface area contributed by atoms with Crippen LogP contribution in [-0.2, 0) is 19.1 Å². The molecular weight excluding hydrogens is 428 g/mol. The molecule has 32 heavy (non-hydrogen) atoms. The smallest absolute Gasteiger partial charge is 0.326 e. The predicted molar refractivity (Wildman–Crippen MR) is 104 cm³/mol. The number of carboxylic acid groups (broad SMARTS) is 1. The normalized spacial score (nSPS) is 19.3. The Morgan fingerprint density at radius 3 is 2.50 bits per heavy atom. The number of likely N-dealkylation sites (tertiary alicyclic amines) is 1. The highest BCUT2D eigenvalue weighted by Gasteiger charge is 2.52. The monoisotopic (exact) mass is 447 g/mol. The summed E-state index contributed by atoms with van der Waals surface area (Å²) >= 11 is 0. The Balaban J connectivity index is 1.41. The zero-order valence-electron chi connectivity index (χ0n) is 16.7. The Morgan fingerprint density at radius 1 is 1.19 bits per heavy atom. The Labute approximate surface area is 180 Å². The lowest BCUT2D eigenvalue weighted by molar-refractivity contribution is -0.152. The van der Waals surface area contributed by atoms with Crippen LogP contribution in [0.5, 0.6) is 0 Å². The van der Waals surface area contributed by atoms with E-state index in [1.807, 2.05) is 0 Å². The van der Waals surface area contributed by atoms with Crippen molar-refractivity contribution in [1.29, 1.82) is 0 Å². The number of rotatable bonds is 5. The van der Waals surface area contributed by atoms with Crippen molar-refractivity contribution in [1.82, 2.24) is 15.2 Å². The van der Waals surface area contributed by atoms with Crippen molar-refractivity contribution in [2.24, 2.45) is 0 Å². The summed E-state index contributed by atoms with van der Waals surface area (Å²) in [6.45, 7) is 0.0200. The van der Waals surface area contributed by atoms with E-state index in [1.165, 1.54) is 24.3 Å². The second-order valence-corrected chi connectivity index (χ2v) is 7.43. The van der Waals surface area contributed by atoms with Crippen LogP contribution in [0.15, 0.2) is 36.5 Å². The minimum Gasteiger partial charge on any atom is -0.480 e. The number of hydrogen-bond donors (Lipinski definition) is 2. The van der Waals surface area contributed by atoms with Crippen LogP contribution < -0.4 is 5.32 Å². The maximum absolute atomic E-state index is 14.5. The Hall–Kier alpha value is -3.44. The van der Waals surface area contributed by atoms with E-state index in [2.05, 4.69) is 10.3 Å². The van der Waals surface area contributed by atoms with Crippen molar-refractivity contribution in [3.05, 3.63) is 53.9 Å². The minimum atomic E-state index is -1.21. The van der Waals surface area contributed by atoms with Crippen LogP contribution >= 0.6 is 0 Å². The third-order valence-electron chi connectivity index (χ3n) is 5.35. The highest BCUT2D eigenvalue weighted by Crippen LogP contribution is 2.34. The number of carbonyl (C=O) groups excluding carboxylic acids is 2. The summed E-state index contributed by atoms with van der Waals surface area (Å²) in [4.78, 5) is 41.5. The van der Waals surface area contributed by atoms with Gasteiger partial charge in [-0.15, -0.1) is 0 Å². The fourth-order valence-corrected chi connectivity index (χ4v) is 3.77. The molecule has 0 saturated carbocycles. The lowest BCUT2D eigenvalue weighted by Crippen LogP contribution is -2.46. The standard InChI is InChI=1S/C21H19F2N3O6/c22-13-3-1-12(2-4-13)14-9-24-16(7-15(14)23)19(28)25-10-18(27)26-11-21(31-5-6-32-21)8-17(26)20(29)30/h1-4,7,9,17H,5-6,8,10-11H2,(H,25,28)(H,29,30). The summed E-state index contributed by atoms with van der Waals surface area (Å²) in [5, 5.41) is 11.8. The van der Waals surface area contributed by atoms with E-state index in [4.69, 9.17) is 9.47 Å². The van der Waals surface area contributed by atoms with Crippen molar-refractivity contribution < 1.29 is 37.7 Å². The molecule has 4 rings (SSSR count). The lowest BCUT2D eigenvalue weighted by Gasteiger charge is -2.23. The first-order chi connectivity index (χ1) is 15.3. The van der Waals surface area contributed by atoms with Crippen LogP contribution in [0.4, 0.5) is 8.78 Å². The highest BCUT2D eigenvalue weighted by atomic mass is 19.1. The van der Waals surface area contributed by atoms with Gasteiger partial charge in [-0.2, -0.15) is 0 Å².